The number of aryl methyl sites for hydroxylation is 1. The third kappa shape index (κ3) is 2.12. The second-order valence-corrected chi connectivity index (χ2v) is 4.69. The zero-order valence-electron chi connectivity index (χ0n) is 11.0. The quantitative estimate of drug-likeness (QED) is 0.772. The van der Waals surface area contributed by atoms with E-state index < -0.39 is 5.91 Å². The minimum absolute atomic E-state index is 0.261. The largest absolute Gasteiger partial charge is 0.364 e. The van der Waals surface area contributed by atoms with Crippen molar-refractivity contribution < 1.29 is 4.79 Å². The van der Waals surface area contributed by atoms with Crippen molar-refractivity contribution in [2.24, 2.45) is 5.73 Å². The number of nitrogens with zero attached hydrogens (tertiary/aromatic N) is 2. The van der Waals surface area contributed by atoms with Crippen LogP contribution in [0, 0.1) is 6.92 Å². The topological polar surface area (TPSA) is 68.9 Å². The lowest BCUT2D eigenvalue weighted by atomic mass is 10.0. The Morgan fingerprint density at radius 3 is 2.50 bits per heavy atom. The molecule has 2 aromatic heterocycles. The molecule has 3 rings (SSSR count). The number of primary amides is 1. The van der Waals surface area contributed by atoms with Crippen LogP contribution >= 0.6 is 0 Å². The maximum Gasteiger partial charge on any atom is 0.267 e. The molecular formula is C16H13N3O. The molecule has 0 bridgehead atoms. The van der Waals surface area contributed by atoms with Crippen LogP contribution in [0.2, 0.25) is 0 Å². The number of pyridine rings is 2. The summed E-state index contributed by atoms with van der Waals surface area (Å²) in [5.41, 5.74) is 9.39. The Hall–Kier alpha value is -2.75. The Balaban J connectivity index is 2.26. The molecule has 0 atom stereocenters. The number of benzene rings is 1. The van der Waals surface area contributed by atoms with Crippen LogP contribution in [0.3, 0.4) is 0 Å². The lowest BCUT2D eigenvalue weighted by molar-refractivity contribution is 0.0996. The van der Waals surface area contributed by atoms with E-state index in [1.807, 2.05) is 37.3 Å². The van der Waals surface area contributed by atoms with E-state index in [9.17, 15) is 4.79 Å². The fourth-order valence-corrected chi connectivity index (χ4v) is 2.12. The maximum absolute atomic E-state index is 11.3. The summed E-state index contributed by atoms with van der Waals surface area (Å²) in [6.45, 7) is 2.04. The molecule has 3 aromatic rings. The zero-order valence-corrected chi connectivity index (χ0v) is 11.0. The van der Waals surface area contributed by atoms with Gasteiger partial charge in [0.2, 0.25) is 0 Å². The zero-order chi connectivity index (χ0) is 14.1. The predicted octanol–water partition coefficient (Wildman–Crippen LogP) is 2.70. The highest BCUT2D eigenvalue weighted by Crippen LogP contribution is 2.26. The Morgan fingerprint density at radius 1 is 1.05 bits per heavy atom. The summed E-state index contributed by atoms with van der Waals surface area (Å²) >= 11 is 0. The number of carbonyl (C=O) groups is 1. The van der Waals surface area contributed by atoms with Crippen molar-refractivity contribution in [1.29, 1.82) is 0 Å². The number of hydrogen-bond donors (Lipinski definition) is 1. The molecular weight excluding hydrogens is 250 g/mol. The van der Waals surface area contributed by atoms with Gasteiger partial charge in [0, 0.05) is 23.3 Å². The van der Waals surface area contributed by atoms with Gasteiger partial charge in [-0.25, -0.2) is 4.98 Å². The van der Waals surface area contributed by atoms with Crippen LogP contribution in [0.15, 0.2) is 48.8 Å². The molecule has 0 fully saturated rings. The molecule has 20 heavy (non-hydrogen) atoms. The molecule has 1 aromatic carbocycles. The summed E-state index contributed by atoms with van der Waals surface area (Å²) in [4.78, 5) is 19.9. The van der Waals surface area contributed by atoms with E-state index in [1.54, 1.807) is 18.5 Å². The molecule has 2 heterocycles. The highest BCUT2D eigenvalue weighted by atomic mass is 16.1. The fourth-order valence-electron chi connectivity index (χ4n) is 2.12. The van der Waals surface area contributed by atoms with Gasteiger partial charge in [0.05, 0.1) is 5.52 Å². The normalized spacial score (nSPS) is 10.7. The van der Waals surface area contributed by atoms with Crippen LogP contribution in [0.5, 0.6) is 0 Å². The summed E-state index contributed by atoms with van der Waals surface area (Å²) in [6, 6.07) is 11.5. The first-order valence-corrected chi connectivity index (χ1v) is 6.27. The van der Waals surface area contributed by atoms with Crippen molar-refractivity contribution >= 4 is 16.8 Å². The number of amides is 1. The third-order valence-corrected chi connectivity index (χ3v) is 3.21. The molecule has 4 heteroatoms. The van der Waals surface area contributed by atoms with Gasteiger partial charge in [0.15, 0.2) is 0 Å². The van der Waals surface area contributed by atoms with Gasteiger partial charge in [-0.3, -0.25) is 9.78 Å². The Labute approximate surface area is 116 Å². The molecule has 1 amide bonds. The molecule has 0 saturated heterocycles. The minimum Gasteiger partial charge on any atom is -0.364 e. The summed E-state index contributed by atoms with van der Waals surface area (Å²) in [7, 11) is 0. The van der Waals surface area contributed by atoms with Crippen molar-refractivity contribution in [3.05, 3.63) is 60.0 Å². The molecule has 98 valence electrons. The van der Waals surface area contributed by atoms with Crippen molar-refractivity contribution in [3.63, 3.8) is 0 Å². The van der Waals surface area contributed by atoms with Crippen LogP contribution in [-0.4, -0.2) is 15.9 Å². The number of aromatic nitrogens is 2. The number of carbonyl (C=O) groups excluding carboxylic acids is 1. The Morgan fingerprint density at radius 2 is 1.80 bits per heavy atom. The van der Waals surface area contributed by atoms with Crippen LogP contribution in [-0.2, 0) is 0 Å². The molecule has 0 spiro atoms. The first-order valence-electron chi connectivity index (χ1n) is 6.27. The number of rotatable bonds is 2. The SMILES string of the molecule is Cc1ccc(-c2cncc3ccc(C(N)=O)nc23)cc1. The van der Waals surface area contributed by atoms with Crippen LogP contribution in [0.4, 0.5) is 0 Å². The van der Waals surface area contributed by atoms with Crippen molar-refractivity contribution in [1.82, 2.24) is 9.97 Å². The molecule has 0 saturated carbocycles. The van der Waals surface area contributed by atoms with E-state index in [2.05, 4.69) is 9.97 Å². The molecule has 0 aliphatic heterocycles. The van der Waals surface area contributed by atoms with E-state index in [-0.39, 0.29) is 5.69 Å². The van der Waals surface area contributed by atoms with E-state index >= 15 is 0 Å². The highest BCUT2D eigenvalue weighted by Gasteiger charge is 2.09. The van der Waals surface area contributed by atoms with E-state index in [4.69, 9.17) is 5.73 Å². The molecule has 0 unspecified atom stereocenters. The minimum atomic E-state index is -0.529. The van der Waals surface area contributed by atoms with Gasteiger partial charge in [0.1, 0.15) is 5.69 Å². The first kappa shape index (κ1) is 12.3. The van der Waals surface area contributed by atoms with Gasteiger partial charge >= 0.3 is 0 Å². The summed E-state index contributed by atoms with van der Waals surface area (Å²) in [5.74, 6) is -0.529. The van der Waals surface area contributed by atoms with E-state index in [1.165, 1.54) is 5.56 Å². The molecule has 2 N–H and O–H groups in total. The van der Waals surface area contributed by atoms with Gasteiger partial charge in [0.25, 0.3) is 5.91 Å². The van der Waals surface area contributed by atoms with Gasteiger partial charge in [-0.2, -0.15) is 0 Å². The molecule has 0 aliphatic carbocycles. The monoisotopic (exact) mass is 263 g/mol. The molecule has 4 nitrogen and oxygen atoms in total. The lowest BCUT2D eigenvalue weighted by Gasteiger charge is -2.07. The standard InChI is InChI=1S/C16H13N3O/c1-10-2-4-11(5-3-10)13-9-18-8-12-6-7-14(16(17)20)19-15(12)13/h2-9H,1H3,(H2,17,20). The summed E-state index contributed by atoms with van der Waals surface area (Å²) in [5, 5.41) is 0.882. The van der Waals surface area contributed by atoms with Crippen LogP contribution < -0.4 is 5.73 Å². The predicted molar refractivity (Wildman–Crippen MR) is 78.2 cm³/mol. The maximum atomic E-state index is 11.3. The molecule has 0 aliphatic rings. The highest BCUT2D eigenvalue weighted by molar-refractivity contribution is 5.97. The van der Waals surface area contributed by atoms with Gasteiger partial charge < -0.3 is 5.73 Å². The van der Waals surface area contributed by atoms with Crippen LogP contribution in [0.25, 0.3) is 22.0 Å². The number of hydrogen-bond acceptors (Lipinski definition) is 3. The van der Waals surface area contributed by atoms with Crippen molar-refractivity contribution in [2.45, 2.75) is 6.92 Å². The average molecular weight is 263 g/mol. The summed E-state index contributed by atoms with van der Waals surface area (Å²) < 4.78 is 0. The number of fused-ring (bicyclic) bond motifs is 1. The van der Waals surface area contributed by atoms with Gasteiger partial charge in [-0.05, 0) is 24.6 Å². The molecule has 0 radical (unpaired) electrons. The van der Waals surface area contributed by atoms with E-state index in [0.717, 1.165) is 22.0 Å². The fraction of sp³-hybridized carbons (Fsp3) is 0.0625. The van der Waals surface area contributed by atoms with Gasteiger partial charge in [-0.1, -0.05) is 29.8 Å². The van der Waals surface area contributed by atoms with Crippen LogP contribution in [0.1, 0.15) is 16.1 Å². The third-order valence-electron chi connectivity index (χ3n) is 3.21. The van der Waals surface area contributed by atoms with Crippen molar-refractivity contribution in [2.75, 3.05) is 0 Å². The average Bonchev–Trinajstić information content (AvgIpc) is 2.47. The Bertz CT molecular complexity index is 794. The van der Waals surface area contributed by atoms with Gasteiger partial charge in [-0.15, -0.1) is 0 Å². The first-order chi connectivity index (χ1) is 9.65. The second-order valence-electron chi connectivity index (χ2n) is 4.69. The van der Waals surface area contributed by atoms with Crippen molar-refractivity contribution in [3.8, 4) is 11.1 Å². The summed E-state index contributed by atoms with van der Waals surface area (Å²) in [6.07, 6.45) is 3.48. The second kappa shape index (κ2) is 4.74. The lowest BCUT2D eigenvalue weighted by Crippen LogP contribution is -2.12. The van der Waals surface area contributed by atoms with E-state index in [0.29, 0.717) is 0 Å². The number of nitrogens with two attached hydrogens (primary N) is 1. The Kier molecular flexibility index (Phi) is 2.91. The smallest absolute Gasteiger partial charge is 0.267 e.